The summed E-state index contributed by atoms with van der Waals surface area (Å²) in [5.41, 5.74) is 0.167. The van der Waals surface area contributed by atoms with Crippen LogP contribution in [0.5, 0.6) is 0 Å². The van der Waals surface area contributed by atoms with Crippen LogP contribution >= 0.6 is 11.8 Å². The normalized spacial score (nSPS) is 11.3. The molecule has 0 aliphatic carbocycles. The first-order valence-electron chi connectivity index (χ1n) is 7.12. The highest BCUT2D eigenvalue weighted by Crippen LogP contribution is 2.20. The van der Waals surface area contributed by atoms with E-state index in [4.69, 9.17) is 0 Å². The standard InChI is InChI=1S/C16H17FN2O3S2/c1-3-18-24(21,22)13-8-9-15(17)14(10-13)16(20)19-11-4-6-12(23-2)7-5-11/h4-10,18H,3H2,1-2H3,(H,19,20). The van der Waals surface area contributed by atoms with Crippen LogP contribution in [0.4, 0.5) is 10.1 Å². The van der Waals surface area contributed by atoms with E-state index >= 15 is 0 Å². The van der Waals surface area contributed by atoms with Crippen LogP contribution in [-0.4, -0.2) is 27.1 Å². The molecule has 0 aromatic heterocycles. The average Bonchev–Trinajstić information content (AvgIpc) is 2.55. The smallest absolute Gasteiger partial charge is 0.258 e. The van der Waals surface area contributed by atoms with Gasteiger partial charge in [-0.1, -0.05) is 6.92 Å². The molecule has 2 aromatic carbocycles. The van der Waals surface area contributed by atoms with E-state index in [2.05, 4.69) is 10.0 Å². The minimum atomic E-state index is -3.76. The zero-order chi connectivity index (χ0) is 17.7. The molecule has 0 radical (unpaired) electrons. The second-order valence-electron chi connectivity index (χ2n) is 4.83. The number of nitrogens with one attached hydrogen (secondary N) is 2. The monoisotopic (exact) mass is 368 g/mol. The van der Waals surface area contributed by atoms with Crippen molar-refractivity contribution >= 4 is 33.4 Å². The van der Waals surface area contributed by atoms with Crippen molar-refractivity contribution in [3.63, 3.8) is 0 Å². The van der Waals surface area contributed by atoms with E-state index in [1.165, 1.54) is 0 Å². The summed E-state index contributed by atoms with van der Waals surface area (Å²) >= 11 is 1.56. The van der Waals surface area contributed by atoms with Gasteiger partial charge >= 0.3 is 0 Å². The van der Waals surface area contributed by atoms with Crippen LogP contribution in [-0.2, 0) is 10.0 Å². The van der Waals surface area contributed by atoms with Gasteiger partial charge in [0.2, 0.25) is 10.0 Å². The predicted molar refractivity (Wildman–Crippen MR) is 93.4 cm³/mol. The number of sulfonamides is 1. The van der Waals surface area contributed by atoms with Crippen molar-refractivity contribution in [2.45, 2.75) is 16.7 Å². The lowest BCUT2D eigenvalue weighted by atomic mass is 10.2. The topological polar surface area (TPSA) is 75.3 Å². The Balaban J connectivity index is 2.28. The van der Waals surface area contributed by atoms with Crippen LogP contribution in [0.2, 0.25) is 0 Å². The summed E-state index contributed by atoms with van der Waals surface area (Å²) in [6, 6.07) is 10.2. The Hall–Kier alpha value is -1.90. The highest BCUT2D eigenvalue weighted by atomic mass is 32.2. The first-order chi connectivity index (χ1) is 11.4. The summed E-state index contributed by atoms with van der Waals surface area (Å²) in [4.78, 5) is 13.1. The zero-order valence-electron chi connectivity index (χ0n) is 13.2. The third-order valence-corrected chi connectivity index (χ3v) is 5.46. The van der Waals surface area contributed by atoms with Gasteiger partial charge in [-0.05, 0) is 48.7 Å². The molecular weight excluding hydrogens is 351 g/mol. The predicted octanol–water partition coefficient (Wildman–Crippen LogP) is 3.10. The van der Waals surface area contributed by atoms with Crippen LogP contribution in [0, 0.1) is 5.82 Å². The molecule has 0 spiro atoms. The first-order valence-corrected chi connectivity index (χ1v) is 9.83. The fourth-order valence-electron chi connectivity index (χ4n) is 1.99. The largest absolute Gasteiger partial charge is 0.322 e. The summed E-state index contributed by atoms with van der Waals surface area (Å²) < 4.78 is 40.2. The second kappa shape index (κ2) is 7.78. The van der Waals surface area contributed by atoms with Gasteiger partial charge in [0, 0.05) is 17.1 Å². The van der Waals surface area contributed by atoms with Gasteiger partial charge in [-0.25, -0.2) is 17.5 Å². The molecule has 0 saturated heterocycles. The number of thioether (sulfide) groups is 1. The SMILES string of the molecule is CCNS(=O)(=O)c1ccc(F)c(C(=O)Nc2ccc(SC)cc2)c1. The maximum atomic E-state index is 13.9. The van der Waals surface area contributed by atoms with E-state index in [1.54, 1.807) is 30.8 Å². The lowest BCUT2D eigenvalue weighted by Gasteiger charge is -2.09. The number of rotatable bonds is 6. The molecule has 2 aromatic rings. The van der Waals surface area contributed by atoms with Crippen molar-refractivity contribution in [3.05, 3.63) is 53.8 Å². The van der Waals surface area contributed by atoms with Gasteiger partial charge in [0.1, 0.15) is 5.82 Å². The van der Waals surface area contributed by atoms with Gasteiger partial charge in [-0.3, -0.25) is 4.79 Å². The zero-order valence-corrected chi connectivity index (χ0v) is 14.8. The number of amides is 1. The number of benzene rings is 2. The molecule has 0 aliphatic rings. The van der Waals surface area contributed by atoms with Crippen LogP contribution in [0.1, 0.15) is 17.3 Å². The van der Waals surface area contributed by atoms with Crippen LogP contribution in [0.15, 0.2) is 52.3 Å². The number of hydrogen-bond donors (Lipinski definition) is 2. The minimum Gasteiger partial charge on any atom is -0.322 e. The summed E-state index contributed by atoms with van der Waals surface area (Å²) in [6.45, 7) is 1.83. The molecule has 1 amide bonds. The molecule has 0 atom stereocenters. The molecular formula is C16H17FN2O3S2. The van der Waals surface area contributed by atoms with Crippen LogP contribution < -0.4 is 10.0 Å². The van der Waals surface area contributed by atoms with Crippen LogP contribution in [0.3, 0.4) is 0 Å². The Morgan fingerprint density at radius 3 is 2.42 bits per heavy atom. The van der Waals surface area contributed by atoms with Crippen molar-refractivity contribution in [1.29, 1.82) is 0 Å². The second-order valence-corrected chi connectivity index (χ2v) is 7.47. The Kier molecular flexibility index (Phi) is 5.98. The molecule has 24 heavy (non-hydrogen) atoms. The van der Waals surface area contributed by atoms with E-state index in [1.807, 2.05) is 18.4 Å². The van der Waals surface area contributed by atoms with E-state index < -0.39 is 21.7 Å². The van der Waals surface area contributed by atoms with Crippen molar-refractivity contribution in [3.8, 4) is 0 Å². The first kappa shape index (κ1) is 18.4. The third-order valence-electron chi connectivity index (χ3n) is 3.17. The molecule has 128 valence electrons. The lowest BCUT2D eigenvalue weighted by molar-refractivity contribution is 0.102. The molecule has 0 bridgehead atoms. The lowest BCUT2D eigenvalue weighted by Crippen LogP contribution is -2.24. The molecule has 0 fully saturated rings. The number of halogens is 1. The Labute approximate surface area is 144 Å². The van der Waals surface area contributed by atoms with Crippen molar-refractivity contribution < 1.29 is 17.6 Å². The summed E-state index contributed by atoms with van der Waals surface area (Å²) in [5.74, 6) is -1.50. The van der Waals surface area contributed by atoms with Gasteiger partial charge in [0.15, 0.2) is 0 Å². The quantitative estimate of drug-likeness (QED) is 0.769. The van der Waals surface area contributed by atoms with Crippen molar-refractivity contribution in [2.75, 3.05) is 18.1 Å². The summed E-state index contributed by atoms with van der Waals surface area (Å²) in [6.07, 6.45) is 1.93. The number of hydrogen-bond acceptors (Lipinski definition) is 4. The molecule has 0 heterocycles. The maximum absolute atomic E-state index is 13.9. The molecule has 8 heteroatoms. The fourth-order valence-corrected chi connectivity index (χ4v) is 3.47. The van der Waals surface area contributed by atoms with Crippen molar-refractivity contribution in [1.82, 2.24) is 4.72 Å². The van der Waals surface area contributed by atoms with Gasteiger partial charge in [0.25, 0.3) is 5.91 Å². The highest BCUT2D eigenvalue weighted by molar-refractivity contribution is 7.98. The van der Waals surface area contributed by atoms with Gasteiger partial charge in [0.05, 0.1) is 10.5 Å². The van der Waals surface area contributed by atoms with E-state index in [0.717, 1.165) is 23.1 Å². The number of anilines is 1. The average molecular weight is 368 g/mol. The molecule has 2 rings (SSSR count). The third kappa shape index (κ3) is 4.34. The number of carbonyl (C=O) groups excluding carboxylic acids is 1. The summed E-state index contributed by atoms with van der Waals surface area (Å²) in [7, 11) is -3.76. The Morgan fingerprint density at radius 1 is 1.17 bits per heavy atom. The van der Waals surface area contributed by atoms with Gasteiger partial charge in [-0.15, -0.1) is 11.8 Å². The fraction of sp³-hybridized carbons (Fsp3) is 0.188. The Bertz CT molecular complexity index is 837. The molecule has 2 N–H and O–H groups in total. The maximum Gasteiger partial charge on any atom is 0.258 e. The van der Waals surface area contributed by atoms with E-state index in [0.29, 0.717) is 5.69 Å². The van der Waals surface area contributed by atoms with Crippen LogP contribution in [0.25, 0.3) is 0 Å². The highest BCUT2D eigenvalue weighted by Gasteiger charge is 2.19. The molecule has 0 saturated carbocycles. The number of carbonyl (C=O) groups is 1. The van der Waals surface area contributed by atoms with E-state index in [-0.39, 0.29) is 17.0 Å². The van der Waals surface area contributed by atoms with Gasteiger partial charge in [-0.2, -0.15) is 0 Å². The molecule has 0 aliphatic heterocycles. The summed E-state index contributed by atoms with van der Waals surface area (Å²) in [5, 5.41) is 2.56. The molecule has 5 nitrogen and oxygen atoms in total. The minimum absolute atomic E-state index is 0.159. The van der Waals surface area contributed by atoms with Crippen molar-refractivity contribution in [2.24, 2.45) is 0 Å². The van der Waals surface area contributed by atoms with E-state index in [9.17, 15) is 17.6 Å². The van der Waals surface area contributed by atoms with Gasteiger partial charge < -0.3 is 5.32 Å². The Morgan fingerprint density at radius 2 is 1.83 bits per heavy atom. The molecule has 0 unspecified atom stereocenters.